The minimum Gasteiger partial charge on any atom is -0.415 e. The summed E-state index contributed by atoms with van der Waals surface area (Å²) in [6.07, 6.45) is 5.90. The second-order valence-corrected chi connectivity index (χ2v) is 13.5. The first kappa shape index (κ1) is 19.5. The van der Waals surface area contributed by atoms with Gasteiger partial charge in [-0.05, 0) is 43.7 Å². The summed E-state index contributed by atoms with van der Waals surface area (Å²) in [7, 11) is -4.36. The number of rotatable bonds is 10. The van der Waals surface area contributed by atoms with E-state index in [2.05, 4.69) is 45.0 Å². The molecule has 0 aliphatic rings. The Morgan fingerprint density at radius 2 is 1.68 bits per heavy atom. The zero-order chi connectivity index (χ0) is 16.6. The summed E-state index contributed by atoms with van der Waals surface area (Å²) in [6, 6.07) is 3.94. The molecule has 126 valence electrons. The Kier molecular flexibility index (Phi) is 7.92. The Hall–Kier alpha value is -0.536. The Labute approximate surface area is 137 Å². The summed E-state index contributed by atoms with van der Waals surface area (Å²) in [5.41, 5.74) is 1.07. The number of pyridine rings is 1. The molecule has 0 fully saturated rings. The molecule has 1 rings (SSSR count). The van der Waals surface area contributed by atoms with E-state index in [4.69, 9.17) is 13.0 Å². The normalized spacial score (nSPS) is 12.9. The van der Waals surface area contributed by atoms with Gasteiger partial charge >= 0.3 is 17.1 Å². The van der Waals surface area contributed by atoms with Crippen molar-refractivity contribution in [3.05, 3.63) is 30.1 Å². The Bertz CT molecular complexity index is 423. The van der Waals surface area contributed by atoms with Crippen molar-refractivity contribution in [2.75, 3.05) is 6.61 Å². The third-order valence-electron chi connectivity index (χ3n) is 3.62. The highest BCUT2D eigenvalue weighted by Crippen LogP contribution is 2.20. The van der Waals surface area contributed by atoms with Crippen LogP contribution in [0.4, 0.5) is 0 Å². The van der Waals surface area contributed by atoms with Gasteiger partial charge in [0.15, 0.2) is 0 Å². The van der Waals surface area contributed by atoms with Gasteiger partial charge in [-0.2, -0.15) is 0 Å². The lowest BCUT2D eigenvalue weighted by atomic mass is 10.1. The molecule has 0 aromatic carbocycles. The maximum atomic E-state index is 6.30. The third-order valence-corrected chi connectivity index (χ3v) is 9.26. The molecule has 0 spiro atoms. The summed E-state index contributed by atoms with van der Waals surface area (Å²) < 4.78 is 18.5. The van der Waals surface area contributed by atoms with Gasteiger partial charge in [-0.25, -0.2) is 0 Å². The molecule has 1 heterocycles. The van der Waals surface area contributed by atoms with Gasteiger partial charge in [-0.15, -0.1) is 0 Å². The summed E-state index contributed by atoms with van der Waals surface area (Å²) in [5, 5.41) is 0. The maximum absolute atomic E-state index is 6.30. The van der Waals surface area contributed by atoms with Gasteiger partial charge in [-0.1, -0.05) is 32.8 Å². The smallest absolute Gasteiger partial charge is 0.323 e. The van der Waals surface area contributed by atoms with Crippen molar-refractivity contribution >= 4 is 17.1 Å². The van der Waals surface area contributed by atoms with Crippen LogP contribution < -0.4 is 0 Å². The molecule has 6 heteroatoms. The second-order valence-electron chi connectivity index (χ2n) is 6.55. The van der Waals surface area contributed by atoms with Crippen molar-refractivity contribution < 1.29 is 13.0 Å². The molecule has 0 bridgehead atoms. The quantitative estimate of drug-likeness (QED) is 0.589. The molecular weight excluding hydrogens is 310 g/mol. The van der Waals surface area contributed by atoms with Crippen LogP contribution in [-0.4, -0.2) is 28.7 Å². The Morgan fingerprint density at radius 1 is 1.05 bits per heavy atom. The highest BCUT2D eigenvalue weighted by Gasteiger charge is 2.36. The fourth-order valence-corrected chi connectivity index (χ4v) is 8.59. The molecule has 0 saturated heterocycles. The highest BCUT2D eigenvalue weighted by molar-refractivity contribution is 6.78. The minimum absolute atomic E-state index is 0.546. The first-order valence-electron chi connectivity index (χ1n) is 8.15. The van der Waals surface area contributed by atoms with E-state index in [9.17, 15) is 0 Å². The molecule has 22 heavy (non-hydrogen) atoms. The SMILES string of the molecule is CCC(CC)CO[Si](C)(C)O[Si](C)(C)OCc1cccnc1. The predicted octanol–water partition coefficient (Wildman–Crippen LogP) is 4.47. The van der Waals surface area contributed by atoms with Gasteiger partial charge < -0.3 is 13.0 Å². The van der Waals surface area contributed by atoms with Gasteiger partial charge in [-0.3, -0.25) is 4.98 Å². The number of nitrogens with zero attached hydrogens (tertiary/aromatic N) is 1. The van der Waals surface area contributed by atoms with Crippen molar-refractivity contribution in [3.63, 3.8) is 0 Å². The van der Waals surface area contributed by atoms with E-state index >= 15 is 0 Å². The second kappa shape index (κ2) is 8.93. The van der Waals surface area contributed by atoms with Crippen molar-refractivity contribution in [1.29, 1.82) is 0 Å². The van der Waals surface area contributed by atoms with Crippen LogP contribution in [0.5, 0.6) is 0 Å². The zero-order valence-electron chi connectivity index (χ0n) is 14.9. The molecule has 0 N–H and O–H groups in total. The van der Waals surface area contributed by atoms with E-state index in [-0.39, 0.29) is 0 Å². The van der Waals surface area contributed by atoms with Crippen molar-refractivity contribution in [2.45, 2.75) is 59.5 Å². The van der Waals surface area contributed by atoms with E-state index in [0.29, 0.717) is 12.5 Å². The van der Waals surface area contributed by atoms with Crippen LogP contribution >= 0.6 is 0 Å². The van der Waals surface area contributed by atoms with Gasteiger partial charge in [0.05, 0.1) is 6.61 Å². The average molecular weight is 342 g/mol. The van der Waals surface area contributed by atoms with Crippen LogP contribution in [0.3, 0.4) is 0 Å². The third kappa shape index (κ3) is 7.64. The summed E-state index contributed by atoms with van der Waals surface area (Å²) >= 11 is 0. The van der Waals surface area contributed by atoms with Crippen molar-refractivity contribution in [3.8, 4) is 0 Å². The predicted molar refractivity (Wildman–Crippen MR) is 95.1 cm³/mol. The van der Waals surface area contributed by atoms with E-state index in [0.717, 1.165) is 25.0 Å². The Balaban J connectivity index is 2.47. The van der Waals surface area contributed by atoms with E-state index in [1.54, 1.807) is 6.20 Å². The monoisotopic (exact) mass is 341 g/mol. The first-order valence-corrected chi connectivity index (χ1v) is 13.8. The lowest BCUT2D eigenvalue weighted by Crippen LogP contribution is -2.49. The van der Waals surface area contributed by atoms with Gasteiger partial charge in [0, 0.05) is 19.0 Å². The van der Waals surface area contributed by atoms with E-state index in [1.165, 1.54) is 0 Å². The van der Waals surface area contributed by atoms with Crippen molar-refractivity contribution in [1.82, 2.24) is 4.98 Å². The molecular formula is C16H31NO3Si2. The van der Waals surface area contributed by atoms with Crippen LogP contribution in [0.2, 0.25) is 26.2 Å². The number of aromatic nitrogens is 1. The molecule has 0 aliphatic carbocycles. The standard InChI is InChI=1S/C16H31NO3Si2/c1-7-15(8-2)13-18-21(3,4)20-22(5,6)19-14-16-10-9-11-17-12-16/h9-12,15H,7-8,13-14H2,1-6H3. The molecule has 0 radical (unpaired) electrons. The van der Waals surface area contributed by atoms with Gasteiger partial charge in [0.1, 0.15) is 0 Å². The largest absolute Gasteiger partial charge is 0.415 e. The van der Waals surface area contributed by atoms with Crippen LogP contribution in [0.25, 0.3) is 0 Å². The minimum atomic E-state index is -2.20. The van der Waals surface area contributed by atoms with Crippen LogP contribution in [0.1, 0.15) is 32.3 Å². The maximum Gasteiger partial charge on any atom is 0.323 e. The number of hydrogen-bond donors (Lipinski definition) is 0. The summed E-state index contributed by atoms with van der Waals surface area (Å²) in [4.78, 5) is 4.11. The Morgan fingerprint density at radius 3 is 2.23 bits per heavy atom. The van der Waals surface area contributed by atoms with Crippen LogP contribution in [0, 0.1) is 5.92 Å². The molecule has 1 aromatic rings. The van der Waals surface area contributed by atoms with E-state index in [1.807, 2.05) is 18.3 Å². The topological polar surface area (TPSA) is 40.6 Å². The summed E-state index contributed by atoms with van der Waals surface area (Å²) in [5.74, 6) is 0.622. The molecule has 0 atom stereocenters. The first-order chi connectivity index (χ1) is 10.3. The lowest BCUT2D eigenvalue weighted by molar-refractivity contribution is 0.166. The van der Waals surface area contributed by atoms with Gasteiger partial charge in [0.25, 0.3) is 0 Å². The molecule has 1 aromatic heterocycles. The van der Waals surface area contributed by atoms with Crippen LogP contribution in [0.15, 0.2) is 24.5 Å². The molecule has 0 saturated carbocycles. The average Bonchev–Trinajstić information content (AvgIpc) is 2.46. The fourth-order valence-electron chi connectivity index (χ4n) is 2.23. The van der Waals surface area contributed by atoms with E-state index < -0.39 is 17.1 Å². The molecule has 0 unspecified atom stereocenters. The fraction of sp³-hybridized carbons (Fsp3) is 0.688. The lowest BCUT2D eigenvalue weighted by Gasteiger charge is -2.33. The molecule has 0 aliphatic heterocycles. The van der Waals surface area contributed by atoms with Gasteiger partial charge in [0.2, 0.25) is 0 Å². The highest BCUT2D eigenvalue weighted by atomic mass is 28.5. The zero-order valence-corrected chi connectivity index (χ0v) is 16.9. The summed E-state index contributed by atoms with van der Waals surface area (Å²) in [6.45, 7) is 14.1. The van der Waals surface area contributed by atoms with Crippen molar-refractivity contribution in [2.24, 2.45) is 5.92 Å². The number of hydrogen-bond acceptors (Lipinski definition) is 4. The van der Waals surface area contributed by atoms with Crippen LogP contribution in [-0.2, 0) is 19.6 Å². The molecule has 4 nitrogen and oxygen atoms in total. The molecule has 0 amide bonds.